The van der Waals surface area contributed by atoms with E-state index in [0.717, 1.165) is 17.0 Å². The molecule has 0 amide bonds. The number of ether oxygens (including phenoxy) is 2. The lowest BCUT2D eigenvalue weighted by atomic mass is 9.98. The van der Waals surface area contributed by atoms with Crippen molar-refractivity contribution >= 4 is 17.8 Å². The molecule has 2 aromatic carbocycles. The van der Waals surface area contributed by atoms with Gasteiger partial charge < -0.3 is 14.0 Å². The van der Waals surface area contributed by atoms with Crippen LogP contribution in [0.2, 0.25) is 0 Å². The standard InChI is InChI=1S/C20H24NO3P/c1-3-20(23-14-15-24-20)19(2)18(21-19)25(22,16-10-6-4-7-11-16)17-12-8-5-9-13-17/h4-13,18,21H,3,14-15H2,1-2H3/t18-,19+/m0/s1. The van der Waals surface area contributed by atoms with E-state index in [2.05, 4.69) is 19.2 Å². The van der Waals surface area contributed by atoms with Gasteiger partial charge >= 0.3 is 0 Å². The van der Waals surface area contributed by atoms with E-state index in [0.29, 0.717) is 13.2 Å². The minimum absolute atomic E-state index is 0.206. The van der Waals surface area contributed by atoms with Crippen LogP contribution in [-0.4, -0.2) is 30.3 Å². The molecule has 0 aromatic heterocycles. The molecule has 132 valence electrons. The van der Waals surface area contributed by atoms with E-state index in [1.165, 1.54) is 0 Å². The van der Waals surface area contributed by atoms with Crippen molar-refractivity contribution in [1.82, 2.24) is 5.32 Å². The van der Waals surface area contributed by atoms with Gasteiger partial charge in [-0.25, -0.2) is 0 Å². The van der Waals surface area contributed by atoms with Gasteiger partial charge in [-0.3, -0.25) is 5.32 Å². The van der Waals surface area contributed by atoms with Gasteiger partial charge in [0.2, 0.25) is 0 Å². The summed E-state index contributed by atoms with van der Waals surface area (Å²) in [6, 6.07) is 19.5. The molecular weight excluding hydrogens is 333 g/mol. The molecular formula is C20H24NO3P. The fraction of sp³-hybridized carbons (Fsp3) is 0.400. The average molecular weight is 357 g/mol. The molecule has 2 aliphatic rings. The molecule has 0 aliphatic carbocycles. The summed E-state index contributed by atoms with van der Waals surface area (Å²) in [4.78, 5) is 0. The number of benzene rings is 2. The summed E-state index contributed by atoms with van der Waals surface area (Å²) in [6.07, 6.45) is 0.719. The minimum Gasteiger partial charge on any atom is -0.346 e. The van der Waals surface area contributed by atoms with Crippen molar-refractivity contribution in [3.05, 3.63) is 60.7 Å². The van der Waals surface area contributed by atoms with E-state index in [-0.39, 0.29) is 5.78 Å². The summed E-state index contributed by atoms with van der Waals surface area (Å²) in [5, 5.41) is 5.24. The fourth-order valence-electron chi connectivity index (χ4n) is 4.09. The Morgan fingerprint density at radius 2 is 1.48 bits per heavy atom. The third-order valence-corrected chi connectivity index (χ3v) is 9.06. The van der Waals surface area contributed by atoms with Crippen LogP contribution in [0.4, 0.5) is 0 Å². The first-order chi connectivity index (χ1) is 12.1. The van der Waals surface area contributed by atoms with Crippen LogP contribution < -0.4 is 15.9 Å². The van der Waals surface area contributed by atoms with E-state index in [1.54, 1.807) is 0 Å². The summed E-state index contributed by atoms with van der Waals surface area (Å²) in [5.41, 5.74) is -0.473. The third kappa shape index (κ3) is 2.43. The van der Waals surface area contributed by atoms with E-state index >= 15 is 0 Å². The highest BCUT2D eigenvalue weighted by Crippen LogP contribution is 2.62. The van der Waals surface area contributed by atoms with Gasteiger partial charge in [0.15, 0.2) is 12.9 Å². The van der Waals surface area contributed by atoms with Crippen LogP contribution in [-0.2, 0) is 14.0 Å². The average Bonchev–Trinajstić information content (AvgIpc) is 3.16. The zero-order valence-electron chi connectivity index (χ0n) is 14.6. The lowest BCUT2D eigenvalue weighted by Crippen LogP contribution is -2.47. The second kappa shape index (κ2) is 6.07. The molecule has 2 heterocycles. The number of hydrogen-bond donors (Lipinski definition) is 1. The lowest BCUT2D eigenvalue weighted by Gasteiger charge is -2.33. The van der Waals surface area contributed by atoms with Crippen LogP contribution in [0, 0.1) is 0 Å². The van der Waals surface area contributed by atoms with Gasteiger partial charge in [-0.05, 0) is 6.92 Å². The first kappa shape index (κ1) is 17.0. The Balaban J connectivity index is 1.81. The quantitative estimate of drug-likeness (QED) is 0.660. The number of nitrogens with one attached hydrogen (secondary N) is 1. The van der Waals surface area contributed by atoms with Crippen LogP contribution in [0.3, 0.4) is 0 Å². The van der Waals surface area contributed by atoms with Crippen molar-refractivity contribution in [3.8, 4) is 0 Å². The van der Waals surface area contributed by atoms with Crippen LogP contribution in [0.25, 0.3) is 0 Å². The molecule has 2 fully saturated rings. The molecule has 2 atom stereocenters. The van der Waals surface area contributed by atoms with Crippen molar-refractivity contribution in [2.75, 3.05) is 13.2 Å². The second-order valence-corrected chi connectivity index (χ2v) is 9.75. The molecule has 5 heteroatoms. The summed E-state index contributed by atoms with van der Waals surface area (Å²) >= 11 is 0. The summed E-state index contributed by atoms with van der Waals surface area (Å²) in [7, 11) is -2.89. The maximum Gasteiger partial charge on any atom is 0.188 e. The Kier molecular flexibility index (Phi) is 4.12. The Morgan fingerprint density at radius 3 is 1.92 bits per heavy atom. The van der Waals surface area contributed by atoms with Crippen LogP contribution in [0.15, 0.2) is 60.7 Å². The predicted octanol–water partition coefficient (Wildman–Crippen LogP) is 2.84. The molecule has 1 N–H and O–H groups in total. The Labute approximate surface area is 148 Å². The third-order valence-electron chi connectivity index (χ3n) is 5.55. The monoisotopic (exact) mass is 357 g/mol. The topological polar surface area (TPSA) is 57.5 Å². The summed E-state index contributed by atoms with van der Waals surface area (Å²) in [5.74, 6) is -0.917. The zero-order valence-corrected chi connectivity index (χ0v) is 15.5. The first-order valence-corrected chi connectivity index (χ1v) is 10.6. The molecule has 2 saturated heterocycles. The van der Waals surface area contributed by atoms with Crippen LogP contribution >= 0.6 is 7.14 Å². The Hall–Kier alpha value is -1.45. The van der Waals surface area contributed by atoms with Gasteiger partial charge in [0.25, 0.3) is 0 Å². The lowest BCUT2D eigenvalue weighted by molar-refractivity contribution is -0.181. The van der Waals surface area contributed by atoms with Crippen molar-refractivity contribution in [2.24, 2.45) is 0 Å². The van der Waals surface area contributed by atoms with Gasteiger partial charge in [0.1, 0.15) is 0 Å². The highest BCUT2D eigenvalue weighted by Gasteiger charge is 2.71. The van der Waals surface area contributed by atoms with E-state index in [4.69, 9.17) is 9.47 Å². The first-order valence-electron chi connectivity index (χ1n) is 8.83. The smallest absolute Gasteiger partial charge is 0.188 e. The largest absolute Gasteiger partial charge is 0.346 e. The molecule has 4 nitrogen and oxygen atoms in total. The fourth-order valence-corrected chi connectivity index (χ4v) is 7.59. The summed E-state index contributed by atoms with van der Waals surface area (Å²) in [6.45, 7) is 5.30. The molecule has 0 spiro atoms. The molecule has 2 aromatic rings. The highest BCUT2D eigenvalue weighted by molar-refractivity contribution is 7.79. The molecule has 2 aliphatic heterocycles. The van der Waals surface area contributed by atoms with Crippen molar-refractivity contribution < 1.29 is 14.0 Å². The van der Waals surface area contributed by atoms with Crippen LogP contribution in [0.1, 0.15) is 20.3 Å². The van der Waals surface area contributed by atoms with Crippen LogP contribution in [0.5, 0.6) is 0 Å². The van der Waals surface area contributed by atoms with Gasteiger partial charge in [-0.2, -0.15) is 0 Å². The van der Waals surface area contributed by atoms with E-state index < -0.39 is 18.5 Å². The maximum atomic E-state index is 14.4. The van der Waals surface area contributed by atoms with Gasteiger partial charge in [0, 0.05) is 17.0 Å². The molecule has 0 unspecified atom stereocenters. The molecule has 0 saturated carbocycles. The zero-order chi connectivity index (χ0) is 17.5. The van der Waals surface area contributed by atoms with E-state index in [9.17, 15) is 4.57 Å². The highest BCUT2D eigenvalue weighted by atomic mass is 31.2. The van der Waals surface area contributed by atoms with E-state index in [1.807, 2.05) is 60.7 Å². The molecule has 4 rings (SSSR count). The van der Waals surface area contributed by atoms with Crippen molar-refractivity contribution in [1.29, 1.82) is 0 Å². The minimum atomic E-state index is -2.89. The Bertz CT molecular complexity index is 746. The van der Waals surface area contributed by atoms with Crippen molar-refractivity contribution in [3.63, 3.8) is 0 Å². The normalized spacial score (nSPS) is 28.0. The number of hydrogen-bond acceptors (Lipinski definition) is 4. The molecule has 0 bridgehead atoms. The Morgan fingerprint density at radius 1 is 1.00 bits per heavy atom. The predicted molar refractivity (Wildman–Crippen MR) is 100 cm³/mol. The van der Waals surface area contributed by atoms with Gasteiger partial charge in [-0.15, -0.1) is 0 Å². The SMILES string of the molecule is CCC1([C@]2(C)N[C@H]2P(=O)(c2ccccc2)c2ccccc2)OCCO1. The van der Waals surface area contributed by atoms with Crippen molar-refractivity contribution in [2.45, 2.75) is 37.4 Å². The molecule has 25 heavy (non-hydrogen) atoms. The van der Waals surface area contributed by atoms with Gasteiger partial charge in [-0.1, -0.05) is 67.6 Å². The number of rotatable bonds is 5. The summed E-state index contributed by atoms with van der Waals surface area (Å²) < 4.78 is 26.5. The molecule has 0 radical (unpaired) electrons. The maximum absolute atomic E-state index is 14.4. The second-order valence-electron chi connectivity index (χ2n) is 6.88. The van der Waals surface area contributed by atoms with Gasteiger partial charge in [0.05, 0.1) is 24.5 Å².